The summed E-state index contributed by atoms with van der Waals surface area (Å²) in [7, 11) is 3.49. The number of carbonyl (C=O) groups is 1. The third kappa shape index (κ3) is 3.20. The van der Waals surface area contributed by atoms with Crippen LogP contribution in [0.2, 0.25) is 0 Å². The summed E-state index contributed by atoms with van der Waals surface area (Å²) in [6.07, 6.45) is 0. The van der Waals surface area contributed by atoms with Gasteiger partial charge in [-0.05, 0) is 38.6 Å². The molecule has 0 atom stereocenters. The molecular weight excluding hydrogens is 216 g/mol. The number of nitrogens with one attached hydrogen (secondary N) is 2. The molecule has 1 aromatic rings. The van der Waals surface area contributed by atoms with Crippen LogP contribution in [0.5, 0.6) is 5.75 Å². The molecule has 0 radical (unpaired) electrons. The normalized spacial score (nSPS) is 11.1. The van der Waals surface area contributed by atoms with Crippen LogP contribution in [0.25, 0.3) is 0 Å². The maximum absolute atomic E-state index is 11.1. The zero-order valence-corrected chi connectivity index (χ0v) is 11.0. The summed E-state index contributed by atoms with van der Waals surface area (Å²) in [6.45, 7) is 5.63. The van der Waals surface area contributed by atoms with E-state index in [1.807, 2.05) is 25.2 Å². The van der Waals surface area contributed by atoms with Crippen molar-refractivity contribution in [1.82, 2.24) is 5.32 Å². The van der Waals surface area contributed by atoms with Gasteiger partial charge in [-0.25, -0.2) is 0 Å². The number of rotatable bonds is 4. The van der Waals surface area contributed by atoms with Crippen molar-refractivity contribution in [3.05, 3.63) is 23.8 Å². The third-order valence-electron chi connectivity index (χ3n) is 2.86. The molecule has 0 fully saturated rings. The predicted molar refractivity (Wildman–Crippen MR) is 69.4 cm³/mol. The lowest BCUT2D eigenvalue weighted by molar-refractivity contribution is -0.114. The van der Waals surface area contributed by atoms with Crippen molar-refractivity contribution < 1.29 is 9.53 Å². The second-order valence-corrected chi connectivity index (χ2v) is 4.47. The Balaban J connectivity index is 3.17. The van der Waals surface area contributed by atoms with Gasteiger partial charge in [0.1, 0.15) is 5.75 Å². The van der Waals surface area contributed by atoms with Crippen molar-refractivity contribution in [3.8, 4) is 5.75 Å². The van der Waals surface area contributed by atoms with Crippen molar-refractivity contribution in [2.75, 3.05) is 19.5 Å². The molecule has 0 heterocycles. The largest absolute Gasteiger partial charge is 0.495 e. The molecule has 4 nitrogen and oxygen atoms in total. The SMILES string of the molecule is CNC(C)(C)c1ccc(OC)c(NC(C)=O)c1. The van der Waals surface area contributed by atoms with Gasteiger partial charge >= 0.3 is 0 Å². The first-order valence-corrected chi connectivity index (χ1v) is 5.55. The molecule has 0 saturated carbocycles. The summed E-state index contributed by atoms with van der Waals surface area (Å²) in [5.74, 6) is 0.554. The first kappa shape index (κ1) is 13.5. The Hall–Kier alpha value is -1.55. The number of ether oxygens (including phenoxy) is 1. The minimum atomic E-state index is -0.153. The van der Waals surface area contributed by atoms with Crippen LogP contribution in [0.3, 0.4) is 0 Å². The van der Waals surface area contributed by atoms with Gasteiger partial charge in [-0.2, -0.15) is 0 Å². The lowest BCUT2D eigenvalue weighted by atomic mass is 9.94. The minimum Gasteiger partial charge on any atom is -0.495 e. The average molecular weight is 236 g/mol. The zero-order valence-electron chi connectivity index (χ0n) is 11.0. The molecule has 0 aliphatic rings. The van der Waals surface area contributed by atoms with E-state index in [1.165, 1.54) is 6.92 Å². The fraction of sp³-hybridized carbons (Fsp3) is 0.462. The summed E-state index contributed by atoms with van der Waals surface area (Å²) in [5, 5.41) is 5.99. The van der Waals surface area contributed by atoms with Gasteiger partial charge in [0.2, 0.25) is 5.91 Å². The quantitative estimate of drug-likeness (QED) is 0.841. The maximum Gasteiger partial charge on any atom is 0.221 e. The lowest BCUT2D eigenvalue weighted by Gasteiger charge is -2.25. The number of anilines is 1. The van der Waals surface area contributed by atoms with Gasteiger partial charge < -0.3 is 15.4 Å². The Morgan fingerprint density at radius 1 is 1.35 bits per heavy atom. The van der Waals surface area contributed by atoms with Gasteiger partial charge in [0, 0.05) is 12.5 Å². The highest BCUT2D eigenvalue weighted by Gasteiger charge is 2.19. The van der Waals surface area contributed by atoms with Gasteiger partial charge in [0.25, 0.3) is 0 Å². The Morgan fingerprint density at radius 2 is 2.00 bits per heavy atom. The molecule has 4 heteroatoms. The number of methoxy groups -OCH3 is 1. The fourth-order valence-electron chi connectivity index (χ4n) is 1.53. The van der Waals surface area contributed by atoms with Crippen molar-refractivity contribution in [1.29, 1.82) is 0 Å². The van der Waals surface area contributed by atoms with E-state index in [1.54, 1.807) is 7.11 Å². The van der Waals surface area contributed by atoms with E-state index in [-0.39, 0.29) is 11.4 Å². The van der Waals surface area contributed by atoms with Crippen LogP contribution in [0.1, 0.15) is 26.3 Å². The number of benzene rings is 1. The van der Waals surface area contributed by atoms with E-state index in [9.17, 15) is 4.79 Å². The van der Waals surface area contributed by atoms with Gasteiger partial charge in [-0.15, -0.1) is 0 Å². The van der Waals surface area contributed by atoms with E-state index in [0.29, 0.717) is 11.4 Å². The topological polar surface area (TPSA) is 50.4 Å². The van der Waals surface area contributed by atoms with Crippen LogP contribution >= 0.6 is 0 Å². The maximum atomic E-state index is 11.1. The summed E-state index contributed by atoms with van der Waals surface area (Å²) in [4.78, 5) is 11.1. The van der Waals surface area contributed by atoms with Crippen LogP contribution in [0.15, 0.2) is 18.2 Å². The van der Waals surface area contributed by atoms with Crippen LogP contribution in [-0.2, 0) is 10.3 Å². The summed E-state index contributed by atoms with van der Waals surface area (Å²) >= 11 is 0. The Kier molecular flexibility index (Phi) is 4.12. The number of amides is 1. The molecule has 2 N–H and O–H groups in total. The van der Waals surface area contributed by atoms with Crippen molar-refractivity contribution >= 4 is 11.6 Å². The Bertz CT molecular complexity index is 414. The highest BCUT2D eigenvalue weighted by molar-refractivity contribution is 5.90. The van der Waals surface area contributed by atoms with E-state index in [4.69, 9.17) is 4.74 Å². The van der Waals surface area contributed by atoms with Gasteiger partial charge in [-0.1, -0.05) is 6.07 Å². The van der Waals surface area contributed by atoms with Gasteiger partial charge in [-0.3, -0.25) is 4.79 Å². The summed E-state index contributed by atoms with van der Waals surface area (Å²) in [6, 6.07) is 5.77. The van der Waals surface area contributed by atoms with E-state index < -0.39 is 0 Å². The average Bonchev–Trinajstić information content (AvgIpc) is 2.28. The third-order valence-corrected chi connectivity index (χ3v) is 2.86. The van der Waals surface area contributed by atoms with Crippen molar-refractivity contribution in [3.63, 3.8) is 0 Å². The second-order valence-electron chi connectivity index (χ2n) is 4.47. The minimum absolute atomic E-state index is 0.109. The molecule has 94 valence electrons. The van der Waals surface area contributed by atoms with Crippen molar-refractivity contribution in [2.24, 2.45) is 0 Å². The molecular formula is C13H20N2O2. The zero-order chi connectivity index (χ0) is 13.1. The molecule has 0 aromatic heterocycles. The molecule has 17 heavy (non-hydrogen) atoms. The molecule has 0 aliphatic heterocycles. The smallest absolute Gasteiger partial charge is 0.221 e. The second kappa shape index (κ2) is 5.19. The molecule has 0 aliphatic carbocycles. The lowest BCUT2D eigenvalue weighted by Crippen LogP contribution is -2.33. The first-order valence-electron chi connectivity index (χ1n) is 5.55. The molecule has 0 saturated heterocycles. The van der Waals surface area contributed by atoms with Crippen LogP contribution < -0.4 is 15.4 Å². The van der Waals surface area contributed by atoms with Crippen LogP contribution in [-0.4, -0.2) is 20.1 Å². The fourth-order valence-corrected chi connectivity index (χ4v) is 1.53. The molecule has 0 bridgehead atoms. The van der Waals surface area contributed by atoms with Gasteiger partial charge in [0.15, 0.2) is 0 Å². The van der Waals surface area contributed by atoms with Crippen LogP contribution in [0, 0.1) is 0 Å². The number of carbonyl (C=O) groups excluding carboxylic acids is 1. The summed E-state index contributed by atoms with van der Waals surface area (Å²) < 4.78 is 5.21. The standard InChI is InChI=1S/C13H20N2O2/c1-9(16)15-11-8-10(13(2,3)14-4)6-7-12(11)17-5/h6-8,14H,1-5H3,(H,15,16). The molecule has 1 rings (SSSR count). The first-order chi connectivity index (χ1) is 7.90. The Labute approximate surface area is 102 Å². The molecule has 1 amide bonds. The van der Waals surface area contributed by atoms with Crippen molar-refractivity contribution in [2.45, 2.75) is 26.3 Å². The van der Waals surface area contributed by atoms with Gasteiger partial charge in [0.05, 0.1) is 12.8 Å². The van der Waals surface area contributed by atoms with Crippen LogP contribution in [0.4, 0.5) is 5.69 Å². The predicted octanol–water partition coefficient (Wildman–Crippen LogP) is 2.11. The summed E-state index contributed by atoms with van der Waals surface area (Å²) in [5.41, 5.74) is 1.63. The molecule has 0 unspecified atom stereocenters. The molecule has 0 spiro atoms. The monoisotopic (exact) mass is 236 g/mol. The number of hydrogen-bond donors (Lipinski definition) is 2. The highest BCUT2D eigenvalue weighted by atomic mass is 16.5. The number of hydrogen-bond acceptors (Lipinski definition) is 3. The molecule has 1 aromatic carbocycles. The van der Waals surface area contributed by atoms with E-state index >= 15 is 0 Å². The highest BCUT2D eigenvalue weighted by Crippen LogP contribution is 2.30. The Morgan fingerprint density at radius 3 is 2.47 bits per heavy atom. The van der Waals surface area contributed by atoms with E-state index in [2.05, 4.69) is 24.5 Å². The van der Waals surface area contributed by atoms with E-state index in [0.717, 1.165) is 5.56 Å².